The first-order valence-corrected chi connectivity index (χ1v) is 12.8. The maximum absolute atomic E-state index is 13.4. The Morgan fingerprint density at radius 2 is 1.36 bits per heavy atom. The predicted octanol–water partition coefficient (Wildman–Crippen LogP) is 2.23. The minimum atomic E-state index is -1.13. The van der Waals surface area contributed by atoms with Crippen molar-refractivity contribution in [1.82, 2.24) is 16.0 Å². The Kier molecular flexibility index (Phi) is 13.2. The lowest BCUT2D eigenvalue weighted by molar-refractivity contribution is -0.143. The Morgan fingerprint density at radius 1 is 0.806 bits per heavy atom. The Hall–Kier alpha value is -2.94. The molecule has 202 valence electrons. The summed E-state index contributed by atoms with van der Waals surface area (Å²) >= 11 is 0. The molecule has 0 saturated carbocycles. The summed E-state index contributed by atoms with van der Waals surface area (Å²) in [5.41, 5.74) is 6.87. The molecule has 0 aliphatic heterocycles. The third-order valence-electron chi connectivity index (χ3n) is 6.09. The average molecular weight is 505 g/mol. The van der Waals surface area contributed by atoms with Crippen molar-refractivity contribution < 1.29 is 24.3 Å². The van der Waals surface area contributed by atoms with E-state index in [1.54, 1.807) is 0 Å². The number of carboxylic acid groups (broad SMARTS) is 1. The highest BCUT2D eigenvalue weighted by Crippen LogP contribution is 2.12. The fraction of sp³-hybridized carbons (Fsp3) is 0.630. The second-order valence-corrected chi connectivity index (χ2v) is 10.4. The van der Waals surface area contributed by atoms with Gasteiger partial charge in [-0.2, -0.15) is 0 Å². The van der Waals surface area contributed by atoms with Gasteiger partial charge in [-0.3, -0.25) is 14.4 Å². The van der Waals surface area contributed by atoms with Crippen LogP contribution in [0.5, 0.6) is 0 Å². The summed E-state index contributed by atoms with van der Waals surface area (Å²) in [7, 11) is 0. The van der Waals surface area contributed by atoms with Crippen molar-refractivity contribution >= 4 is 23.7 Å². The van der Waals surface area contributed by atoms with Crippen LogP contribution in [-0.4, -0.2) is 53.0 Å². The van der Waals surface area contributed by atoms with Gasteiger partial charge in [-0.25, -0.2) is 4.79 Å². The van der Waals surface area contributed by atoms with Crippen molar-refractivity contribution in [2.45, 2.75) is 91.4 Å². The molecule has 0 spiro atoms. The second-order valence-electron chi connectivity index (χ2n) is 10.4. The summed E-state index contributed by atoms with van der Waals surface area (Å²) in [4.78, 5) is 50.9. The van der Waals surface area contributed by atoms with Gasteiger partial charge in [0, 0.05) is 6.42 Å². The van der Waals surface area contributed by atoms with Crippen LogP contribution in [0.4, 0.5) is 0 Å². The van der Waals surface area contributed by atoms with Crippen LogP contribution >= 0.6 is 0 Å². The lowest BCUT2D eigenvalue weighted by atomic mass is 9.96. The van der Waals surface area contributed by atoms with E-state index in [1.807, 2.05) is 71.9 Å². The topological polar surface area (TPSA) is 151 Å². The van der Waals surface area contributed by atoms with Crippen LogP contribution in [0.15, 0.2) is 30.3 Å². The highest BCUT2D eigenvalue weighted by atomic mass is 16.4. The van der Waals surface area contributed by atoms with Gasteiger partial charge in [-0.15, -0.1) is 0 Å². The van der Waals surface area contributed by atoms with Gasteiger partial charge in [0.15, 0.2) is 0 Å². The van der Waals surface area contributed by atoms with Crippen molar-refractivity contribution in [2.24, 2.45) is 23.5 Å². The first kappa shape index (κ1) is 31.1. The quantitative estimate of drug-likeness (QED) is 0.247. The van der Waals surface area contributed by atoms with E-state index in [1.165, 1.54) is 0 Å². The normalized spacial score (nSPS) is 15.5. The number of hydrogen-bond donors (Lipinski definition) is 5. The molecule has 36 heavy (non-hydrogen) atoms. The van der Waals surface area contributed by atoms with E-state index in [0.29, 0.717) is 12.8 Å². The fourth-order valence-electron chi connectivity index (χ4n) is 3.86. The van der Waals surface area contributed by atoms with Crippen LogP contribution in [0.3, 0.4) is 0 Å². The van der Waals surface area contributed by atoms with E-state index >= 15 is 0 Å². The molecule has 0 saturated heterocycles. The van der Waals surface area contributed by atoms with E-state index in [4.69, 9.17) is 5.73 Å². The molecule has 1 aromatic carbocycles. The van der Waals surface area contributed by atoms with Gasteiger partial charge < -0.3 is 26.8 Å². The van der Waals surface area contributed by atoms with Crippen LogP contribution in [0.1, 0.15) is 66.4 Å². The van der Waals surface area contributed by atoms with E-state index < -0.39 is 47.9 Å². The average Bonchev–Trinajstić information content (AvgIpc) is 2.80. The maximum atomic E-state index is 13.4. The lowest BCUT2D eigenvalue weighted by Crippen LogP contribution is -2.59. The molecule has 0 radical (unpaired) electrons. The minimum Gasteiger partial charge on any atom is -0.480 e. The van der Waals surface area contributed by atoms with E-state index in [2.05, 4.69) is 16.0 Å². The van der Waals surface area contributed by atoms with Crippen molar-refractivity contribution in [3.63, 3.8) is 0 Å². The molecule has 5 unspecified atom stereocenters. The highest BCUT2D eigenvalue weighted by molar-refractivity contribution is 5.94. The SMILES string of the molecule is CCC(C)C(NC(=O)C(Cc1ccccc1)NC(=O)C(N)CC(C)C)C(=O)NC(CC(C)C)C(=O)O. The third kappa shape index (κ3) is 10.8. The number of carbonyl (C=O) groups is 4. The molecule has 5 atom stereocenters. The molecule has 0 heterocycles. The molecule has 9 nitrogen and oxygen atoms in total. The number of carboxylic acids is 1. The van der Waals surface area contributed by atoms with Crippen molar-refractivity contribution in [2.75, 3.05) is 0 Å². The van der Waals surface area contributed by atoms with Crippen molar-refractivity contribution in [3.8, 4) is 0 Å². The van der Waals surface area contributed by atoms with Gasteiger partial charge in [0.2, 0.25) is 17.7 Å². The monoisotopic (exact) mass is 504 g/mol. The molecule has 0 aliphatic carbocycles. The molecule has 1 aromatic rings. The predicted molar refractivity (Wildman–Crippen MR) is 140 cm³/mol. The number of amides is 3. The van der Waals surface area contributed by atoms with Crippen LogP contribution in [-0.2, 0) is 25.6 Å². The van der Waals surface area contributed by atoms with Gasteiger partial charge in [-0.1, -0.05) is 78.3 Å². The molecular weight excluding hydrogens is 460 g/mol. The summed E-state index contributed by atoms with van der Waals surface area (Å²) < 4.78 is 0. The van der Waals surface area contributed by atoms with Gasteiger partial charge in [0.05, 0.1) is 6.04 Å². The summed E-state index contributed by atoms with van der Waals surface area (Å²) in [6.45, 7) is 11.4. The minimum absolute atomic E-state index is 0.0588. The van der Waals surface area contributed by atoms with Gasteiger partial charge in [0.1, 0.15) is 18.1 Å². The molecule has 0 aliphatic rings. The lowest BCUT2D eigenvalue weighted by Gasteiger charge is -2.28. The van der Waals surface area contributed by atoms with Gasteiger partial charge in [0.25, 0.3) is 0 Å². The number of rotatable bonds is 15. The zero-order valence-electron chi connectivity index (χ0n) is 22.4. The summed E-state index contributed by atoms with van der Waals surface area (Å²) in [6, 6.07) is 5.49. The Balaban J connectivity index is 3.12. The van der Waals surface area contributed by atoms with E-state index in [9.17, 15) is 24.3 Å². The standard InChI is InChI=1S/C27H44N4O5/c1-7-18(6)23(26(34)30-22(27(35)36)14-17(4)5)31-25(33)21(15-19-11-9-8-10-12-19)29-24(32)20(28)13-16(2)3/h8-12,16-18,20-23H,7,13-15,28H2,1-6H3,(H,29,32)(H,30,34)(H,31,33)(H,35,36). The summed E-state index contributed by atoms with van der Waals surface area (Å²) in [6.07, 6.45) is 1.53. The van der Waals surface area contributed by atoms with Crippen LogP contribution in [0.25, 0.3) is 0 Å². The van der Waals surface area contributed by atoms with Crippen LogP contribution < -0.4 is 21.7 Å². The van der Waals surface area contributed by atoms with Gasteiger partial charge >= 0.3 is 5.97 Å². The molecule has 0 fully saturated rings. The number of aliphatic carboxylic acids is 1. The maximum Gasteiger partial charge on any atom is 0.326 e. The molecule has 3 amide bonds. The van der Waals surface area contributed by atoms with Crippen LogP contribution in [0, 0.1) is 17.8 Å². The summed E-state index contributed by atoms with van der Waals surface area (Å²) in [5.74, 6) is -2.65. The smallest absolute Gasteiger partial charge is 0.326 e. The van der Waals surface area contributed by atoms with Crippen LogP contribution in [0.2, 0.25) is 0 Å². The Labute approximate surface area is 215 Å². The molecule has 9 heteroatoms. The fourth-order valence-corrected chi connectivity index (χ4v) is 3.86. The number of carbonyl (C=O) groups excluding carboxylic acids is 3. The number of hydrogen-bond acceptors (Lipinski definition) is 5. The van der Waals surface area contributed by atoms with E-state index in [0.717, 1.165) is 5.56 Å². The number of nitrogens with two attached hydrogens (primary N) is 1. The zero-order chi connectivity index (χ0) is 27.4. The second kappa shape index (κ2) is 15.2. The Bertz CT molecular complexity index is 859. The van der Waals surface area contributed by atoms with Gasteiger partial charge in [-0.05, 0) is 36.2 Å². The van der Waals surface area contributed by atoms with Crippen molar-refractivity contribution in [1.29, 1.82) is 0 Å². The summed E-state index contributed by atoms with van der Waals surface area (Å²) in [5, 5.41) is 17.6. The first-order chi connectivity index (χ1) is 16.8. The molecular formula is C27H44N4O5. The third-order valence-corrected chi connectivity index (χ3v) is 6.09. The van der Waals surface area contributed by atoms with Crippen molar-refractivity contribution in [3.05, 3.63) is 35.9 Å². The molecule has 0 bridgehead atoms. The van der Waals surface area contributed by atoms with E-state index in [-0.39, 0.29) is 30.6 Å². The number of nitrogens with one attached hydrogen (secondary N) is 3. The first-order valence-electron chi connectivity index (χ1n) is 12.8. The molecule has 0 aromatic heterocycles. The number of benzene rings is 1. The largest absolute Gasteiger partial charge is 0.480 e. The zero-order valence-corrected chi connectivity index (χ0v) is 22.4. The molecule has 6 N–H and O–H groups in total. The highest BCUT2D eigenvalue weighted by Gasteiger charge is 2.33. The Morgan fingerprint density at radius 3 is 1.86 bits per heavy atom. The molecule has 1 rings (SSSR count).